The van der Waals surface area contributed by atoms with Crippen LogP contribution < -0.4 is 10.6 Å². The number of aliphatic imine (C=N–C) groups is 1. The molecule has 0 spiro atoms. The molecule has 6 heteroatoms. The smallest absolute Gasteiger partial charge is 0.191 e. The zero-order chi connectivity index (χ0) is 19.2. The molecule has 1 aromatic carbocycles. The standard InChI is InChI=1S/C21H36N4OS/c1-3-22-21(24-13-17-27-2)23-12-7-16-26-20-10-14-25(15-11-20)18-19-8-5-4-6-9-19/h4-6,8-9,20H,3,7,10-18H2,1-2H3,(H2,22,23,24). The van der Waals surface area contributed by atoms with Crippen molar-refractivity contribution in [2.45, 2.75) is 38.8 Å². The summed E-state index contributed by atoms with van der Waals surface area (Å²) in [6.07, 6.45) is 5.77. The first kappa shape index (κ1) is 22.1. The molecule has 0 aliphatic carbocycles. The third kappa shape index (κ3) is 9.49. The highest BCUT2D eigenvalue weighted by Crippen LogP contribution is 2.16. The molecule has 2 rings (SSSR count). The number of ether oxygens (including phenoxy) is 1. The molecule has 1 aromatic rings. The first-order valence-electron chi connectivity index (χ1n) is 10.2. The fraction of sp³-hybridized carbons (Fsp3) is 0.667. The topological polar surface area (TPSA) is 48.9 Å². The van der Waals surface area contributed by atoms with E-state index in [2.05, 4.69) is 64.0 Å². The van der Waals surface area contributed by atoms with E-state index in [9.17, 15) is 0 Å². The van der Waals surface area contributed by atoms with Crippen LogP contribution in [0.5, 0.6) is 0 Å². The molecule has 2 N–H and O–H groups in total. The molecule has 5 nitrogen and oxygen atoms in total. The van der Waals surface area contributed by atoms with Crippen molar-refractivity contribution in [1.29, 1.82) is 0 Å². The summed E-state index contributed by atoms with van der Waals surface area (Å²) < 4.78 is 6.08. The minimum absolute atomic E-state index is 0.411. The lowest BCUT2D eigenvalue weighted by molar-refractivity contribution is 0.00566. The second kappa shape index (κ2) is 13.9. The number of benzene rings is 1. The second-order valence-corrected chi connectivity index (χ2v) is 7.85. The van der Waals surface area contributed by atoms with Crippen LogP contribution in [-0.2, 0) is 11.3 Å². The van der Waals surface area contributed by atoms with Crippen molar-refractivity contribution >= 4 is 17.7 Å². The molecule has 0 radical (unpaired) electrons. The fourth-order valence-electron chi connectivity index (χ4n) is 3.19. The van der Waals surface area contributed by atoms with Gasteiger partial charge in [-0.3, -0.25) is 9.89 Å². The van der Waals surface area contributed by atoms with Crippen molar-refractivity contribution in [3.63, 3.8) is 0 Å². The van der Waals surface area contributed by atoms with E-state index >= 15 is 0 Å². The molecular weight excluding hydrogens is 356 g/mol. The number of hydrogen-bond acceptors (Lipinski definition) is 4. The van der Waals surface area contributed by atoms with E-state index in [1.54, 1.807) is 0 Å². The van der Waals surface area contributed by atoms with Gasteiger partial charge in [-0.15, -0.1) is 0 Å². The van der Waals surface area contributed by atoms with Gasteiger partial charge in [0, 0.05) is 51.6 Å². The minimum atomic E-state index is 0.411. The van der Waals surface area contributed by atoms with E-state index in [-0.39, 0.29) is 0 Å². The van der Waals surface area contributed by atoms with Gasteiger partial charge in [0.05, 0.1) is 6.10 Å². The van der Waals surface area contributed by atoms with Crippen LogP contribution >= 0.6 is 11.8 Å². The Morgan fingerprint density at radius 1 is 1.22 bits per heavy atom. The molecule has 1 aliphatic heterocycles. The number of nitrogens with zero attached hydrogens (tertiary/aromatic N) is 2. The summed E-state index contributed by atoms with van der Waals surface area (Å²) in [6.45, 7) is 8.86. The van der Waals surface area contributed by atoms with Gasteiger partial charge in [-0.25, -0.2) is 0 Å². The maximum absolute atomic E-state index is 6.08. The van der Waals surface area contributed by atoms with Gasteiger partial charge in [-0.2, -0.15) is 11.8 Å². The van der Waals surface area contributed by atoms with E-state index in [0.717, 1.165) is 76.9 Å². The van der Waals surface area contributed by atoms with Crippen LogP contribution in [0.2, 0.25) is 0 Å². The number of piperidine rings is 1. The van der Waals surface area contributed by atoms with Crippen molar-refractivity contribution in [2.75, 3.05) is 51.3 Å². The molecule has 1 saturated heterocycles. The van der Waals surface area contributed by atoms with E-state index in [1.165, 1.54) is 5.56 Å². The van der Waals surface area contributed by atoms with Gasteiger partial charge in [-0.05, 0) is 38.0 Å². The number of guanidine groups is 1. The quantitative estimate of drug-likeness (QED) is 0.344. The predicted molar refractivity (Wildman–Crippen MR) is 118 cm³/mol. The number of nitrogens with one attached hydrogen (secondary N) is 2. The number of thioether (sulfide) groups is 1. The molecular formula is C21H36N4OS. The normalized spacial score (nSPS) is 16.4. The average molecular weight is 393 g/mol. The summed E-state index contributed by atoms with van der Waals surface area (Å²) in [5, 5.41) is 6.65. The molecule has 0 aromatic heterocycles. The zero-order valence-corrected chi connectivity index (χ0v) is 17.8. The highest BCUT2D eigenvalue weighted by molar-refractivity contribution is 7.98. The van der Waals surface area contributed by atoms with Crippen LogP contribution in [0.4, 0.5) is 0 Å². The summed E-state index contributed by atoms with van der Waals surface area (Å²) >= 11 is 1.84. The molecule has 1 fully saturated rings. The Labute approximate surface area is 169 Å². The molecule has 0 atom stereocenters. The molecule has 152 valence electrons. The molecule has 27 heavy (non-hydrogen) atoms. The van der Waals surface area contributed by atoms with Crippen molar-refractivity contribution in [3.8, 4) is 0 Å². The third-order valence-corrected chi connectivity index (χ3v) is 5.26. The summed E-state index contributed by atoms with van der Waals surface area (Å²) in [6, 6.07) is 10.7. The largest absolute Gasteiger partial charge is 0.378 e. The molecule has 0 amide bonds. The lowest BCUT2D eigenvalue weighted by Gasteiger charge is -2.31. The molecule has 0 unspecified atom stereocenters. The average Bonchev–Trinajstić information content (AvgIpc) is 2.70. The Morgan fingerprint density at radius 3 is 2.70 bits per heavy atom. The van der Waals surface area contributed by atoms with Gasteiger partial charge in [0.15, 0.2) is 5.96 Å². The maximum Gasteiger partial charge on any atom is 0.191 e. The summed E-state index contributed by atoms with van der Waals surface area (Å²) in [7, 11) is 0. The monoisotopic (exact) mass is 392 g/mol. The van der Waals surface area contributed by atoms with Crippen LogP contribution in [0.15, 0.2) is 35.3 Å². The minimum Gasteiger partial charge on any atom is -0.378 e. The Bertz CT molecular complexity index is 518. The summed E-state index contributed by atoms with van der Waals surface area (Å²) in [4.78, 5) is 7.15. The Kier molecular flexibility index (Phi) is 11.3. The van der Waals surface area contributed by atoms with Crippen molar-refractivity contribution in [1.82, 2.24) is 15.5 Å². The molecule has 1 aliphatic rings. The van der Waals surface area contributed by atoms with Gasteiger partial charge >= 0.3 is 0 Å². The van der Waals surface area contributed by atoms with Gasteiger partial charge in [0.2, 0.25) is 0 Å². The predicted octanol–water partition coefficient (Wildman–Crippen LogP) is 2.98. The zero-order valence-electron chi connectivity index (χ0n) is 17.0. The Morgan fingerprint density at radius 2 is 2.00 bits per heavy atom. The number of likely N-dealkylation sites (tertiary alicyclic amines) is 1. The van der Waals surface area contributed by atoms with E-state index in [4.69, 9.17) is 4.74 Å². The van der Waals surface area contributed by atoms with Gasteiger partial charge in [0.25, 0.3) is 0 Å². The summed E-state index contributed by atoms with van der Waals surface area (Å²) in [5.41, 5.74) is 1.40. The van der Waals surface area contributed by atoms with Gasteiger partial charge in [0.1, 0.15) is 0 Å². The van der Waals surface area contributed by atoms with Crippen LogP contribution in [0, 0.1) is 0 Å². The molecule has 1 heterocycles. The lowest BCUT2D eigenvalue weighted by atomic mass is 10.1. The first-order valence-corrected chi connectivity index (χ1v) is 11.6. The lowest BCUT2D eigenvalue weighted by Crippen LogP contribution is -2.38. The Balaban J connectivity index is 1.56. The van der Waals surface area contributed by atoms with Gasteiger partial charge < -0.3 is 15.4 Å². The second-order valence-electron chi connectivity index (χ2n) is 6.87. The maximum atomic E-state index is 6.08. The SMILES string of the molecule is CCNC(=NCCCOC1CCN(Cc2ccccc2)CC1)NCCSC. The fourth-order valence-corrected chi connectivity index (χ4v) is 3.50. The van der Waals surface area contributed by atoms with Crippen LogP contribution in [-0.4, -0.2) is 68.3 Å². The molecule has 0 saturated carbocycles. The number of hydrogen-bond donors (Lipinski definition) is 2. The summed E-state index contributed by atoms with van der Waals surface area (Å²) in [5.74, 6) is 2.01. The van der Waals surface area contributed by atoms with Crippen molar-refractivity contribution < 1.29 is 4.74 Å². The van der Waals surface area contributed by atoms with E-state index in [0.29, 0.717) is 6.10 Å². The van der Waals surface area contributed by atoms with Crippen LogP contribution in [0.1, 0.15) is 31.7 Å². The Hall–Kier alpha value is -1.24. The van der Waals surface area contributed by atoms with E-state index in [1.807, 2.05) is 11.8 Å². The highest BCUT2D eigenvalue weighted by atomic mass is 32.2. The van der Waals surface area contributed by atoms with Crippen LogP contribution in [0.3, 0.4) is 0 Å². The highest BCUT2D eigenvalue weighted by Gasteiger charge is 2.19. The first-order chi connectivity index (χ1) is 13.3. The van der Waals surface area contributed by atoms with Crippen molar-refractivity contribution in [3.05, 3.63) is 35.9 Å². The molecule has 0 bridgehead atoms. The van der Waals surface area contributed by atoms with Crippen molar-refractivity contribution in [2.24, 2.45) is 4.99 Å². The van der Waals surface area contributed by atoms with E-state index < -0.39 is 0 Å². The van der Waals surface area contributed by atoms with Gasteiger partial charge in [-0.1, -0.05) is 30.3 Å². The third-order valence-electron chi connectivity index (χ3n) is 4.65. The number of rotatable bonds is 11. The van der Waals surface area contributed by atoms with Crippen LogP contribution in [0.25, 0.3) is 0 Å².